The number of ether oxygens (including phenoxy) is 3. The Kier molecular flexibility index (Phi) is 5.64. The first-order chi connectivity index (χ1) is 13.2. The quantitative estimate of drug-likeness (QED) is 0.791. The second-order valence-corrected chi connectivity index (χ2v) is 8.35. The summed E-state index contributed by atoms with van der Waals surface area (Å²) in [5, 5.41) is 2.77. The molecule has 2 aromatic carbocycles. The Morgan fingerprint density at radius 2 is 1.75 bits per heavy atom. The number of carbonyl (C=O) groups excluding carboxylic acids is 1. The zero-order valence-corrected chi connectivity index (χ0v) is 16.7. The van der Waals surface area contributed by atoms with E-state index in [9.17, 15) is 13.2 Å². The molecule has 0 aromatic heterocycles. The van der Waals surface area contributed by atoms with Crippen LogP contribution in [0.25, 0.3) is 0 Å². The molecule has 3 rings (SSSR count). The van der Waals surface area contributed by atoms with E-state index in [1.165, 1.54) is 7.05 Å². The molecule has 1 N–H and O–H groups in total. The predicted octanol–water partition coefficient (Wildman–Crippen LogP) is 2.26. The standard InChI is InChI=1S/C19H22N2O6S/c1-13(27-16-7-5-15(6-8-16)21(2)28(3,23)24)19(22)20-14-4-9-17-18(12-14)26-11-10-25-17/h4-9,12-13H,10-11H2,1-3H3,(H,20,22)/t13-/m1/s1. The van der Waals surface area contributed by atoms with E-state index in [0.717, 1.165) is 10.6 Å². The van der Waals surface area contributed by atoms with Gasteiger partial charge >= 0.3 is 0 Å². The van der Waals surface area contributed by atoms with Crippen molar-refractivity contribution in [3.63, 3.8) is 0 Å². The summed E-state index contributed by atoms with van der Waals surface area (Å²) in [7, 11) is -1.87. The Hall–Kier alpha value is -2.94. The van der Waals surface area contributed by atoms with E-state index in [0.29, 0.717) is 41.8 Å². The molecule has 0 saturated carbocycles. The zero-order valence-electron chi connectivity index (χ0n) is 15.8. The minimum absolute atomic E-state index is 0.325. The fourth-order valence-corrected chi connectivity index (χ4v) is 3.05. The largest absolute Gasteiger partial charge is 0.486 e. The van der Waals surface area contributed by atoms with E-state index in [2.05, 4.69) is 5.32 Å². The van der Waals surface area contributed by atoms with Crippen molar-refractivity contribution in [1.82, 2.24) is 0 Å². The lowest BCUT2D eigenvalue weighted by atomic mass is 10.2. The van der Waals surface area contributed by atoms with Gasteiger partial charge in [0.05, 0.1) is 11.9 Å². The minimum Gasteiger partial charge on any atom is -0.486 e. The SMILES string of the molecule is C[C@@H](Oc1ccc(N(C)S(C)(=O)=O)cc1)C(=O)Nc1ccc2c(c1)OCCO2. The number of rotatable bonds is 6. The van der Waals surface area contributed by atoms with Crippen LogP contribution in [0, 0.1) is 0 Å². The molecule has 0 unspecified atom stereocenters. The first kappa shape index (κ1) is 19.8. The number of benzene rings is 2. The van der Waals surface area contributed by atoms with Crippen LogP contribution in [0.2, 0.25) is 0 Å². The van der Waals surface area contributed by atoms with Crippen LogP contribution in [0.15, 0.2) is 42.5 Å². The van der Waals surface area contributed by atoms with Crippen molar-refractivity contribution in [1.29, 1.82) is 0 Å². The monoisotopic (exact) mass is 406 g/mol. The summed E-state index contributed by atoms with van der Waals surface area (Å²) in [6.45, 7) is 2.60. The van der Waals surface area contributed by atoms with Gasteiger partial charge in [-0.25, -0.2) is 8.42 Å². The molecule has 9 heteroatoms. The van der Waals surface area contributed by atoms with E-state index in [1.807, 2.05) is 0 Å². The van der Waals surface area contributed by atoms with Gasteiger partial charge in [-0.2, -0.15) is 0 Å². The first-order valence-electron chi connectivity index (χ1n) is 8.65. The third-order valence-electron chi connectivity index (χ3n) is 4.19. The van der Waals surface area contributed by atoms with Crippen molar-refractivity contribution in [2.75, 3.05) is 36.1 Å². The van der Waals surface area contributed by atoms with Crippen LogP contribution in [-0.2, 0) is 14.8 Å². The third kappa shape index (κ3) is 4.66. The summed E-state index contributed by atoms with van der Waals surface area (Å²) >= 11 is 0. The van der Waals surface area contributed by atoms with Gasteiger partial charge in [0.25, 0.3) is 5.91 Å². The smallest absolute Gasteiger partial charge is 0.265 e. The summed E-state index contributed by atoms with van der Waals surface area (Å²) in [5.41, 5.74) is 1.08. The van der Waals surface area contributed by atoms with Gasteiger partial charge in [-0.15, -0.1) is 0 Å². The van der Waals surface area contributed by atoms with Gasteiger partial charge in [0, 0.05) is 18.8 Å². The van der Waals surface area contributed by atoms with Crippen LogP contribution in [0.3, 0.4) is 0 Å². The van der Waals surface area contributed by atoms with Gasteiger partial charge < -0.3 is 19.5 Å². The number of carbonyl (C=O) groups is 1. The maximum Gasteiger partial charge on any atom is 0.265 e. The highest BCUT2D eigenvalue weighted by atomic mass is 32.2. The number of nitrogens with one attached hydrogen (secondary N) is 1. The summed E-state index contributed by atoms with van der Waals surface area (Å²) in [4.78, 5) is 12.4. The van der Waals surface area contributed by atoms with E-state index in [-0.39, 0.29) is 5.91 Å². The molecule has 28 heavy (non-hydrogen) atoms. The molecule has 1 amide bonds. The summed E-state index contributed by atoms with van der Waals surface area (Å²) in [6.07, 6.45) is 0.369. The summed E-state index contributed by atoms with van der Waals surface area (Å²) in [5.74, 6) is 1.36. The Morgan fingerprint density at radius 3 is 2.39 bits per heavy atom. The average molecular weight is 406 g/mol. The Labute approximate surface area is 164 Å². The maximum atomic E-state index is 12.4. The number of sulfonamides is 1. The predicted molar refractivity (Wildman–Crippen MR) is 106 cm³/mol. The summed E-state index contributed by atoms with van der Waals surface area (Å²) < 4.78 is 40.9. The number of amides is 1. The van der Waals surface area contributed by atoms with Crippen molar-refractivity contribution < 1.29 is 27.4 Å². The van der Waals surface area contributed by atoms with E-state index in [4.69, 9.17) is 14.2 Å². The fourth-order valence-electron chi connectivity index (χ4n) is 2.55. The molecular formula is C19H22N2O6S. The van der Waals surface area contributed by atoms with Crippen molar-refractivity contribution in [3.05, 3.63) is 42.5 Å². The van der Waals surface area contributed by atoms with Gasteiger partial charge in [0.15, 0.2) is 17.6 Å². The van der Waals surface area contributed by atoms with E-state index >= 15 is 0 Å². The van der Waals surface area contributed by atoms with Crippen molar-refractivity contribution in [2.24, 2.45) is 0 Å². The lowest BCUT2D eigenvalue weighted by molar-refractivity contribution is -0.122. The lowest BCUT2D eigenvalue weighted by Crippen LogP contribution is -2.30. The van der Waals surface area contributed by atoms with Gasteiger partial charge in [-0.3, -0.25) is 9.10 Å². The number of nitrogens with zero attached hydrogens (tertiary/aromatic N) is 1. The molecule has 1 aliphatic heterocycles. The van der Waals surface area contributed by atoms with Crippen LogP contribution in [0.1, 0.15) is 6.92 Å². The average Bonchev–Trinajstić information content (AvgIpc) is 2.67. The van der Waals surface area contributed by atoms with Crippen molar-refractivity contribution in [2.45, 2.75) is 13.0 Å². The Balaban J connectivity index is 1.61. The van der Waals surface area contributed by atoms with Crippen LogP contribution in [0.5, 0.6) is 17.2 Å². The topological polar surface area (TPSA) is 94.2 Å². The van der Waals surface area contributed by atoms with Crippen molar-refractivity contribution >= 4 is 27.3 Å². The van der Waals surface area contributed by atoms with Gasteiger partial charge in [0.2, 0.25) is 10.0 Å². The molecule has 0 saturated heterocycles. The molecule has 0 bridgehead atoms. The zero-order chi connectivity index (χ0) is 20.3. The molecule has 8 nitrogen and oxygen atoms in total. The summed E-state index contributed by atoms with van der Waals surface area (Å²) in [6, 6.07) is 11.6. The maximum absolute atomic E-state index is 12.4. The van der Waals surface area contributed by atoms with Crippen LogP contribution in [0.4, 0.5) is 11.4 Å². The third-order valence-corrected chi connectivity index (χ3v) is 5.40. The molecule has 1 aliphatic rings. The molecule has 0 spiro atoms. The Morgan fingerprint density at radius 1 is 1.11 bits per heavy atom. The molecule has 1 heterocycles. The lowest BCUT2D eigenvalue weighted by Gasteiger charge is -2.20. The second kappa shape index (κ2) is 7.97. The van der Waals surface area contributed by atoms with Gasteiger partial charge in [-0.05, 0) is 43.3 Å². The highest BCUT2D eigenvalue weighted by molar-refractivity contribution is 7.92. The first-order valence-corrected chi connectivity index (χ1v) is 10.5. The number of hydrogen-bond acceptors (Lipinski definition) is 6. The highest BCUT2D eigenvalue weighted by Gasteiger charge is 2.18. The highest BCUT2D eigenvalue weighted by Crippen LogP contribution is 2.32. The molecule has 1 atom stereocenters. The molecule has 2 aromatic rings. The van der Waals surface area contributed by atoms with Gasteiger partial charge in [0.1, 0.15) is 19.0 Å². The normalized spacial score (nSPS) is 14.1. The number of fused-ring (bicyclic) bond motifs is 1. The number of hydrogen-bond donors (Lipinski definition) is 1. The second-order valence-electron chi connectivity index (χ2n) is 6.33. The van der Waals surface area contributed by atoms with Gasteiger partial charge in [-0.1, -0.05) is 0 Å². The van der Waals surface area contributed by atoms with Crippen LogP contribution >= 0.6 is 0 Å². The number of anilines is 2. The molecule has 0 aliphatic carbocycles. The Bertz CT molecular complexity index is 959. The molecular weight excluding hydrogens is 384 g/mol. The minimum atomic E-state index is -3.34. The van der Waals surface area contributed by atoms with Crippen molar-refractivity contribution in [3.8, 4) is 17.2 Å². The molecule has 150 valence electrons. The van der Waals surface area contributed by atoms with Crippen LogP contribution in [-0.4, -0.2) is 46.9 Å². The molecule has 0 radical (unpaired) electrons. The van der Waals surface area contributed by atoms with E-state index < -0.39 is 16.1 Å². The van der Waals surface area contributed by atoms with Crippen LogP contribution < -0.4 is 23.8 Å². The van der Waals surface area contributed by atoms with E-state index in [1.54, 1.807) is 49.4 Å². The fraction of sp³-hybridized carbons (Fsp3) is 0.316. The molecule has 0 fully saturated rings.